The van der Waals surface area contributed by atoms with Crippen molar-refractivity contribution in [2.24, 2.45) is 0 Å². The van der Waals surface area contributed by atoms with E-state index in [2.05, 4.69) is 23.9 Å². The van der Waals surface area contributed by atoms with Gasteiger partial charge in [-0.25, -0.2) is 0 Å². The van der Waals surface area contributed by atoms with Crippen LogP contribution in [0.3, 0.4) is 0 Å². The van der Waals surface area contributed by atoms with E-state index in [1.54, 1.807) is 14.2 Å². The van der Waals surface area contributed by atoms with Crippen LogP contribution in [0.25, 0.3) is 11.3 Å². The number of benzene rings is 1. The van der Waals surface area contributed by atoms with Gasteiger partial charge in [-0.05, 0) is 26.0 Å². The second kappa shape index (κ2) is 6.32. The summed E-state index contributed by atoms with van der Waals surface area (Å²) >= 11 is 0. The van der Waals surface area contributed by atoms with Crippen LogP contribution in [0.15, 0.2) is 28.8 Å². The Kier molecular flexibility index (Phi) is 4.50. The van der Waals surface area contributed by atoms with Crippen molar-refractivity contribution in [3.63, 3.8) is 0 Å². The van der Waals surface area contributed by atoms with E-state index in [1.807, 2.05) is 24.3 Å². The molecule has 1 heterocycles. The Hall–Kier alpha value is -2.17. The number of anilines is 1. The highest BCUT2D eigenvalue weighted by atomic mass is 16.5. The number of hydrogen-bond acceptors (Lipinski definition) is 5. The molecule has 0 saturated carbocycles. The highest BCUT2D eigenvalue weighted by Gasteiger charge is 2.15. The molecule has 0 atom stereocenters. The zero-order valence-corrected chi connectivity index (χ0v) is 12.3. The summed E-state index contributed by atoms with van der Waals surface area (Å²) in [7, 11) is 3.25. The highest BCUT2D eigenvalue weighted by Crippen LogP contribution is 2.34. The molecule has 108 valence electrons. The predicted molar refractivity (Wildman–Crippen MR) is 78.6 cm³/mol. The zero-order chi connectivity index (χ0) is 14.5. The Balaban J connectivity index is 2.36. The minimum absolute atomic E-state index is 0.686. The molecule has 0 fully saturated rings. The summed E-state index contributed by atoms with van der Waals surface area (Å²) < 4.78 is 16.0. The summed E-state index contributed by atoms with van der Waals surface area (Å²) in [5.41, 5.74) is 0.860. The number of rotatable bonds is 6. The highest BCUT2D eigenvalue weighted by molar-refractivity contribution is 5.69. The van der Waals surface area contributed by atoms with Crippen LogP contribution in [0.2, 0.25) is 0 Å². The van der Waals surface area contributed by atoms with Gasteiger partial charge >= 0.3 is 0 Å². The van der Waals surface area contributed by atoms with Crippen molar-refractivity contribution >= 4 is 5.82 Å². The topological polar surface area (TPSA) is 47.7 Å². The van der Waals surface area contributed by atoms with Crippen molar-refractivity contribution in [1.82, 2.24) is 5.16 Å². The van der Waals surface area contributed by atoms with E-state index in [9.17, 15) is 0 Å². The van der Waals surface area contributed by atoms with Crippen molar-refractivity contribution in [3.8, 4) is 22.8 Å². The van der Waals surface area contributed by atoms with Gasteiger partial charge in [-0.1, -0.05) is 5.16 Å². The Morgan fingerprint density at radius 1 is 1.10 bits per heavy atom. The molecule has 0 aliphatic carbocycles. The summed E-state index contributed by atoms with van der Waals surface area (Å²) in [6, 6.07) is 7.54. The molecule has 5 heteroatoms. The first-order valence-electron chi connectivity index (χ1n) is 6.67. The predicted octanol–water partition coefficient (Wildman–Crippen LogP) is 3.21. The molecule has 0 bridgehead atoms. The normalized spacial score (nSPS) is 10.4. The van der Waals surface area contributed by atoms with E-state index in [0.717, 1.165) is 30.2 Å². The lowest BCUT2D eigenvalue weighted by Gasteiger charge is -2.15. The van der Waals surface area contributed by atoms with Crippen molar-refractivity contribution < 1.29 is 14.0 Å². The van der Waals surface area contributed by atoms with Gasteiger partial charge < -0.3 is 18.9 Å². The van der Waals surface area contributed by atoms with Crippen molar-refractivity contribution in [1.29, 1.82) is 0 Å². The molecule has 0 aliphatic rings. The molecule has 20 heavy (non-hydrogen) atoms. The van der Waals surface area contributed by atoms with Crippen LogP contribution in [-0.4, -0.2) is 32.5 Å². The molecular formula is C15H20N2O3. The SMILES string of the molecule is CCN(CC)c1cc(-c2ccc(OC)cc2OC)on1. The average Bonchev–Trinajstić information content (AvgIpc) is 2.97. The largest absolute Gasteiger partial charge is 0.497 e. The smallest absolute Gasteiger partial charge is 0.172 e. The lowest BCUT2D eigenvalue weighted by atomic mass is 10.1. The van der Waals surface area contributed by atoms with E-state index in [-0.39, 0.29) is 0 Å². The van der Waals surface area contributed by atoms with Crippen LogP contribution in [0, 0.1) is 0 Å². The Bertz CT molecular complexity index is 562. The third-order valence-electron chi connectivity index (χ3n) is 3.26. The van der Waals surface area contributed by atoms with Gasteiger partial charge in [-0.2, -0.15) is 0 Å². The van der Waals surface area contributed by atoms with Gasteiger partial charge in [0.05, 0.1) is 19.8 Å². The third kappa shape index (κ3) is 2.71. The first kappa shape index (κ1) is 14.2. The molecule has 0 spiro atoms. The van der Waals surface area contributed by atoms with Gasteiger partial charge in [0.1, 0.15) is 11.5 Å². The molecule has 2 rings (SSSR count). The number of ether oxygens (including phenoxy) is 2. The summed E-state index contributed by atoms with van der Waals surface area (Å²) in [4.78, 5) is 2.13. The number of aromatic nitrogens is 1. The molecule has 5 nitrogen and oxygen atoms in total. The van der Waals surface area contributed by atoms with Crippen LogP contribution in [-0.2, 0) is 0 Å². The molecule has 0 aliphatic heterocycles. The van der Waals surface area contributed by atoms with Gasteiger partial charge in [-0.15, -0.1) is 0 Å². The maximum absolute atomic E-state index is 5.44. The Labute approximate surface area is 119 Å². The van der Waals surface area contributed by atoms with E-state index in [4.69, 9.17) is 14.0 Å². The summed E-state index contributed by atoms with van der Waals surface area (Å²) in [5.74, 6) is 2.97. The lowest BCUT2D eigenvalue weighted by molar-refractivity contribution is 0.391. The second-order valence-electron chi connectivity index (χ2n) is 4.29. The molecule has 0 N–H and O–H groups in total. The van der Waals surface area contributed by atoms with Crippen LogP contribution < -0.4 is 14.4 Å². The van der Waals surface area contributed by atoms with Crippen molar-refractivity contribution in [3.05, 3.63) is 24.3 Å². The second-order valence-corrected chi connectivity index (χ2v) is 4.29. The van der Waals surface area contributed by atoms with E-state index < -0.39 is 0 Å². The lowest BCUT2D eigenvalue weighted by Crippen LogP contribution is -2.21. The summed E-state index contributed by atoms with van der Waals surface area (Å²) in [6.45, 7) is 5.96. The Morgan fingerprint density at radius 2 is 1.85 bits per heavy atom. The van der Waals surface area contributed by atoms with Gasteiger partial charge in [0, 0.05) is 25.2 Å². The van der Waals surface area contributed by atoms with Crippen LogP contribution in [0.4, 0.5) is 5.82 Å². The number of methoxy groups -OCH3 is 2. The van der Waals surface area contributed by atoms with Gasteiger partial charge in [-0.3, -0.25) is 0 Å². The molecule has 2 aromatic rings. The van der Waals surface area contributed by atoms with Crippen molar-refractivity contribution in [2.45, 2.75) is 13.8 Å². The first-order valence-corrected chi connectivity index (χ1v) is 6.67. The van der Waals surface area contributed by atoms with Crippen molar-refractivity contribution in [2.75, 3.05) is 32.2 Å². The summed E-state index contributed by atoms with van der Waals surface area (Å²) in [6.07, 6.45) is 0. The van der Waals surface area contributed by atoms with Crippen LogP contribution >= 0.6 is 0 Å². The van der Waals surface area contributed by atoms with E-state index >= 15 is 0 Å². The quantitative estimate of drug-likeness (QED) is 0.810. The fourth-order valence-corrected chi connectivity index (χ4v) is 2.09. The molecule has 0 amide bonds. The van der Waals surface area contributed by atoms with Gasteiger partial charge in [0.2, 0.25) is 0 Å². The maximum Gasteiger partial charge on any atom is 0.172 e. The first-order chi connectivity index (χ1) is 9.73. The number of nitrogens with zero attached hydrogens (tertiary/aromatic N) is 2. The average molecular weight is 276 g/mol. The van der Waals surface area contributed by atoms with E-state index in [1.165, 1.54) is 0 Å². The van der Waals surface area contributed by atoms with Gasteiger partial charge in [0.25, 0.3) is 0 Å². The minimum Gasteiger partial charge on any atom is -0.497 e. The fraction of sp³-hybridized carbons (Fsp3) is 0.400. The molecular weight excluding hydrogens is 256 g/mol. The fourth-order valence-electron chi connectivity index (χ4n) is 2.09. The van der Waals surface area contributed by atoms with Gasteiger partial charge in [0.15, 0.2) is 11.6 Å². The molecule has 0 unspecified atom stereocenters. The monoisotopic (exact) mass is 276 g/mol. The minimum atomic E-state index is 0.686. The van der Waals surface area contributed by atoms with E-state index in [0.29, 0.717) is 11.5 Å². The number of hydrogen-bond donors (Lipinski definition) is 0. The molecule has 1 aromatic carbocycles. The summed E-state index contributed by atoms with van der Waals surface area (Å²) in [5, 5.41) is 4.12. The Morgan fingerprint density at radius 3 is 2.45 bits per heavy atom. The van der Waals surface area contributed by atoms with Crippen LogP contribution in [0.1, 0.15) is 13.8 Å². The zero-order valence-electron chi connectivity index (χ0n) is 12.3. The van der Waals surface area contributed by atoms with Crippen LogP contribution in [0.5, 0.6) is 11.5 Å². The maximum atomic E-state index is 5.44. The molecule has 1 aromatic heterocycles. The standard InChI is InChI=1S/C15H20N2O3/c1-5-17(6-2)15-10-14(20-16-15)12-8-7-11(18-3)9-13(12)19-4/h7-10H,5-6H2,1-4H3. The molecule has 0 saturated heterocycles. The molecule has 0 radical (unpaired) electrons. The third-order valence-corrected chi connectivity index (χ3v) is 3.26.